The van der Waals surface area contributed by atoms with Gasteiger partial charge in [-0.3, -0.25) is 10.1 Å². The first kappa shape index (κ1) is 21.7. The summed E-state index contributed by atoms with van der Waals surface area (Å²) in [5.74, 6) is -0.372. The summed E-state index contributed by atoms with van der Waals surface area (Å²) in [6.07, 6.45) is 0.605. The molecule has 3 rings (SSSR count). The lowest BCUT2D eigenvalue weighted by atomic mass is 9.99. The number of aliphatic hydroxyl groups excluding tert-OH is 1. The summed E-state index contributed by atoms with van der Waals surface area (Å²) in [5.41, 5.74) is 3.75. The number of fused-ring (bicyclic) bond motifs is 1. The molecule has 0 spiro atoms. The van der Waals surface area contributed by atoms with E-state index in [-0.39, 0.29) is 10.7 Å². The van der Waals surface area contributed by atoms with Crippen molar-refractivity contribution < 1.29 is 19.2 Å². The van der Waals surface area contributed by atoms with Crippen LogP contribution in [0.3, 0.4) is 0 Å². The zero-order chi connectivity index (χ0) is 21.7. The Morgan fingerprint density at radius 2 is 2.10 bits per heavy atom. The van der Waals surface area contributed by atoms with Gasteiger partial charge in [0.25, 0.3) is 0 Å². The van der Waals surface area contributed by atoms with Gasteiger partial charge in [-0.25, -0.2) is 4.39 Å². The van der Waals surface area contributed by atoms with Crippen LogP contribution < -0.4 is 4.90 Å². The van der Waals surface area contributed by atoms with Crippen molar-refractivity contribution in [2.45, 2.75) is 38.5 Å². The second-order valence-electron chi connectivity index (χ2n) is 7.47. The number of ether oxygens (including phenoxy) is 1. The number of nitrogens with zero attached hydrogens (tertiary/aromatic N) is 3. The van der Waals surface area contributed by atoms with Crippen molar-refractivity contribution in [2.24, 2.45) is 0 Å². The largest absolute Gasteiger partial charge is 0.370 e. The fourth-order valence-electron chi connectivity index (χ4n) is 3.71. The molecule has 0 fully saturated rings. The summed E-state index contributed by atoms with van der Waals surface area (Å²) in [5, 5.41) is 30.5. The minimum Gasteiger partial charge on any atom is -0.370 e. The Morgan fingerprint density at radius 1 is 1.37 bits per heavy atom. The zero-order valence-electron chi connectivity index (χ0n) is 16.8. The highest BCUT2D eigenvalue weighted by Crippen LogP contribution is 2.33. The molecule has 0 aromatic heterocycles. The molecule has 2 unspecified atom stereocenters. The zero-order valence-corrected chi connectivity index (χ0v) is 16.8. The predicted octanol–water partition coefficient (Wildman–Crippen LogP) is 3.37. The van der Waals surface area contributed by atoms with Crippen molar-refractivity contribution >= 4 is 5.69 Å². The van der Waals surface area contributed by atoms with Crippen molar-refractivity contribution in [3.8, 4) is 6.07 Å². The summed E-state index contributed by atoms with van der Waals surface area (Å²) in [4.78, 5) is 12.7. The van der Waals surface area contributed by atoms with Crippen LogP contribution >= 0.6 is 0 Å². The highest BCUT2D eigenvalue weighted by atomic mass is 19.1. The molecule has 7 nitrogen and oxygen atoms in total. The van der Waals surface area contributed by atoms with Crippen LogP contribution in [0.15, 0.2) is 36.4 Å². The van der Waals surface area contributed by atoms with Gasteiger partial charge < -0.3 is 14.7 Å². The fraction of sp³-hybridized carbons (Fsp3) is 0.409. The van der Waals surface area contributed by atoms with Gasteiger partial charge in [0.15, 0.2) is 6.29 Å². The maximum absolute atomic E-state index is 13.0. The van der Waals surface area contributed by atoms with Gasteiger partial charge in [0.05, 0.1) is 17.9 Å². The Balaban J connectivity index is 1.58. The molecule has 158 valence electrons. The standard InChI is InChI=1S/C22H24FN3O4/c1-15(26(28)29)11-16-12-18-7-9-25(21(18)19(13-16)14-24)8-2-10-30-22(27)17-3-5-20(23)6-4-17/h3-6,12-13,15,22,27H,2,7-11H2,1H3. The number of nitro groups is 1. The van der Waals surface area contributed by atoms with Crippen LogP contribution in [0.1, 0.15) is 41.9 Å². The Morgan fingerprint density at radius 3 is 2.77 bits per heavy atom. The van der Waals surface area contributed by atoms with Gasteiger partial charge in [-0.2, -0.15) is 5.26 Å². The molecule has 2 atom stereocenters. The topological polar surface area (TPSA) is 99.6 Å². The minimum absolute atomic E-state index is 0.296. The predicted molar refractivity (Wildman–Crippen MR) is 109 cm³/mol. The third-order valence-electron chi connectivity index (χ3n) is 5.23. The smallest absolute Gasteiger partial charge is 0.214 e. The highest BCUT2D eigenvalue weighted by Gasteiger charge is 2.24. The number of aliphatic hydroxyl groups is 1. The van der Waals surface area contributed by atoms with Crippen LogP contribution in [0.4, 0.5) is 10.1 Å². The number of halogens is 1. The third kappa shape index (κ3) is 5.12. The first-order chi connectivity index (χ1) is 14.4. The number of hydrogen-bond acceptors (Lipinski definition) is 6. The minimum atomic E-state index is -1.11. The van der Waals surface area contributed by atoms with Crippen LogP contribution in [0.5, 0.6) is 0 Å². The molecule has 1 heterocycles. The average Bonchev–Trinajstić information content (AvgIpc) is 3.13. The second kappa shape index (κ2) is 9.65. The van der Waals surface area contributed by atoms with E-state index in [2.05, 4.69) is 11.0 Å². The van der Waals surface area contributed by atoms with Crippen molar-refractivity contribution in [3.63, 3.8) is 0 Å². The second-order valence-corrected chi connectivity index (χ2v) is 7.47. The van der Waals surface area contributed by atoms with Crippen LogP contribution in [0.25, 0.3) is 0 Å². The van der Waals surface area contributed by atoms with Crippen LogP contribution in [0, 0.1) is 27.3 Å². The van der Waals surface area contributed by atoms with Gasteiger partial charge in [-0.15, -0.1) is 0 Å². The van der Waals surface area contributed by atoms with E-state index in [1.54, 1.807) is 13.0 Å². The highest BCUT2D eigenvalue weighted by molar-refractivity contribution is 5.68. The number of benzene rings is 2. The Kier molecular flexibility index (Phi) is 6.98. The maximum Gasteiger partial charge on any atom is 0.214 e. The molecular weight excluding hydrogens is 389 g/mol. The van der Waals surface area contributed by atoms with E-state index in [1.165, 1.54) is 24.3 Å². The van der Waals surface area contributed by atoms with Crippen LogP contribution in [-0.2, 0) is 17.6 Å². The normalized spacial score (nSPS) is 14.8. The molecule has 1 aliphatic heterocycles. The molecule has 0 radical (unpaired) electrons. The molecule has 2 aromatic carbocycles. The van der Waals surface area contributed by atoms with Crippen molar-refractivity contribution in [1.29, 1.82) is 5.26 Å². The van der Waals surface area contributed by atoms with E-state index in [4.69, 9.17) is 4.74 Å². The third-order valence-corrected chi connectivity index (χ3v) is 5.23. The van der Waals surface area contributed by atoms with Crippen LogP contribution in [0.2, 0.25) is 0 Å². The van der Waals surface area contributed by atoms with E-state index in [0.29, 0.717) is 37.1 Å². The Bertz CT molecular complexity index is 943. The number of rotatable bonds is 9. The number of nitriles is 1. The molecule has 0 saturated heterocycles. The Hall–Kier alpha value is -3.02. The van der Waals surface area contributed by atoms with Gasteiger partial charge in [-0.05, 0) is 42.2 Å². The summed E-state index contributed by atoms with van der Waals surface area (Å²) in [7, 11) is 0. The van der Waals surface area contributed by atoms with Crippen molar-refractivity contribution in [2.75, 3.05) is 24.6 Å². The molecule has 0 aliphatic carbocycles. The first-order valence-corrected chi connectivity index (χ1v) is 9.88. The quantitative estimate of drug-likeness (QED) is 0.293. The monoisotopic (exact) mass is 413 g/mol. The lowest BCUT2D eigenvalue weighted by molar-refractivity contribution is -0.517. The molecule has 0 saturated carbocycles. The molecular formula is C22H24FN3O4. The summed E-state index contributed by atoms with van der Waals surface area (Å²) in [6, 6.07) is 10.7. The molecule has 1 aliphatic rings. The fourth-order valence-corrected chi connectivity index (χ4v) is 3.71. The van der Waals surface area contributed by atoms with Gasteiger partial charge >= 0.3 is 0 Å². The number of anilines is 1. The molecule has 0 amide bonds. The average molecular weight is 413 g/mol. The molecule has 8 heteroatoms. The van der Waals surface area contributed by atoms with E-state index in [1.807, 2.05) is 6.07 Å². The van der Waals surface area contributed by atoms with Gasteiger partial charge in [0.1, 0.15) is 11.9 Å². The van der Waals surface area contributed by atoms with Crippen molar-refractivity contribution in [1.82, 2.24) is 0 Å². The molecule has 1 N–H and O–H groups in total. The van der Waals surface area contributed by atoms with E-state index < -0.39 is 12.3 Å². The Labute approximate surface area is 174 Å². The van der Waals surface area contributed by atoms with E-state index in [0.717, 1.165) is 29.8 Å². The molecule has 2 aromatic rings. The summed E-state index contributed by atoms with van der Waals surface area (Å²) >= 11 is 0. The summed E-state index contributed by atoms with van der Waals surface area (Å²) in [6.45, 7) is 3.29. The van der Waals surface area contributed by atoms with E-state index >= 15 is 0 Å². The lowest BCUT2D eigenvalue weighted by Gasteiger charge is -2.21. The molecule has 30 heavy (non-hydrogen) atoms. The summed E-state index contributed by atoms with van der Waals surface area (Å²) < 4.78 is 18.4. The lowest BCUT2D eigenvalue weighted by Crippen LogP contribution is -2.24. The van der Waals surface area contributed by atoms with Gasteiger partial charge in [-0.1, -0.05) is 18.2 Å². The van der Waals surface area contributed by atoms with Crippen LogP contribution in [-0.4, -0.2) is 35.8 Å². The van der Waals surface area contributed by atoms with Gasteiger partial charge in [0, 0.05) is 36.9 Å². The first-order valence-electron chi connectivity index (χ1n) is 9.88. The SMILES string of the molecule is CC(Cc1cc(C#N)c2c(c1)CCN2CCCOC(O)c1ccc(F)cc1)[N+](=O)[O-]. The van der Waals surface area contributed by atoms with Crippen molar-refractivity contribution in [3.05, 3.63) is 74.6 Å². The number of hydrogen-bond donors (Lipinski definition) is 1. The van der Waals surface area contributed by atoms with Gasteiger partial charge in [0.2, 0.25) is 6.04 Å². The van der Waals surface area contributed by atoms with E-state index in [9.17, 15) is 24.9 Å². The molecule has 0 bridgehead atoms. The maximum atomic E-state index is 13.0.